The number of allylic oxidation sites excluding steroid dienone is 1. The summed E-state index contributed by atoms with van der Waals surface area (Å²) in [5, 5.41) is 8.16. The maximum absolute atomic E-state index is 11.8. The number of hydrogen-bond donors (Lipinski definition) is 4. The number of ether oxygens (including phenoxy) is 2. The van der Waals surface area contributed by atoms with Crippen molar-refractivity contribution in [3.63, 3.8) is 0 Å². The van der Waals surface area contributed by atoms with Crippen LogP contribution < -0.4 is 31.2 Å². The van der Waals surface area contributed by atoms with Gasteiger partial charge in [0.25, 0.3) is 0 Å². The normalized spacial score (nSPS) is 9.59. The third-order valence-electron chi connectivity index (χ3n) is 6.01. The third-order valence-corrected chi connectivity index (χ3v) is 6.01. The van der Waals surface area contributed by atoms with Crippen LogP contribution in [0.5, 0.6) is 11.5 Å². The largest absolute Gasteiger partial charge is 0.497 e. The van der Waals surface area contributed by atoms with Gasteiger partial charge in [-0.05, 0) is 87.0 Å². The first kappa shape index (κ1) is 45.4. The van der Waals surface area contributed by atoms with Crippen molar-refractivity contribution < 1.29 is 28.7 Å². The molecule has 1 unspecified atom stereocenters. The summed E-state index contributed by atoms with van der Waals surface area (Å²) in [6.07, 6.45) is 5.28. The number of nitrogens with one attached hydrogen (secondary N) is 3. The fraction of sp³-hybridized carbons (Fsp3) is 0.231. The summed E-state index contributed by atoms with van der Waals surface area (Å²) in [7, 11) is 6.99. The number of methoxy groups -OCH3 is 2. The van der Waals surface area contributed by atoms with Crippen molar-refractivity contribution in [2.75, 3.05) is 33.6 Å². The highest BCUT2D eigenvalue weighted by Gasteiger charge is 2.03. The van der Waals surface area contributed by atoms with Crippen LogP contribution in [0.1, 0.15) is 36.0 Å². The lowest BCUT2D eigenvalue weighted by Gasteiger charge is -2.08. The van der Waals surface area contributed by atoms with E-state index in [0.29, 0.717) is 18.9 Å². The number of carbonyl (C=O) groups is 4. The molecule has 0 bridgehead atoms. The van der Waals surface area contributed by atoms with Crippen LogP contribution in [-0.4, -0.2) is 53.8 Å². The van der Waals surface area contributed by atoms with Crippen LogP contribution in [0.3, 0.4) is 0 Å². The molecule has 0 spiro atoms. The van der Waals surface area contributed by atoms with E-state index >= 15 is 0 Å². The van der Waals surface area contributed by atoms with Crippen LogP contribution in [0, 0.1) is 6.92 Å². The number of anilines is 1. The van der Waals surface area contributed by atoms with Crippen LogP contribution in [-0.2, 0) is 25.7 Å². The number of aryl methyl sites for hydroxylation is 1. The first-order valence-corrected chi connectivity index (χ1v) is 15.3. The molecule has 0 aliphatic rings. The maximum atomic E-state index is 11.8. The molecule has 49 heavy (non-hydrogen) atoms. The molecule has 0 saturated heterocycles. The van der Waals surface area contributed by atoms with Crippen LogP contribution in [0.15, 0.2) is 121 Å². The lowest BCUT2D eigenvalue weighted by atomic mass is 9.98. The van der Waals surface area contributed by atoms with E-state index in [9.17, 15) is 9.59 Å². The van der Waals surface area contributed by atoms with Gasteiger partial charge in [0.1, 0.15) is 18.3 Å². The van der Waals surface area contributed by atoms with Crippen LogP contribution in [0.2, 0.25) is 0 Å². The van der Waals surface area contributed by atoms with Crippen molar-refractivity contribution >= 4 is 31.2 Å². The van der Waals surface area contributed by atoms with Gasteiger partial charge in [-0.3, -0.25) is 14.4 Å². The Morgan fingerprint density at radius 3 is 1.65 bits per heavy atom. The SMILES string of the molecule is C=O.CNC.COc1ccc(CNC(=O)/C=C/CC(C)c2ccccc2)cc1.COc1ccc(NC=O)cc1.Cc1ccccc1.NC=O. The molecule has 0 heterocycles. The minimum absolute atomic E-state index is 0.0684. The van der Waals surface area contributed by atoms with Crippen molar-refractivity contribution in [2.24, 2.45) is 5.73 Å². The maximum Gasteiger partial charge on any atom is 0.243 e. The number of primary amides is 1. The van der Waals surface area contributed by atoms with Gasteiger partial charge in [-0.1, -0.05) is 91.4 Å². The first-order chi connectivity index (χ1) is 23.8. The molecular formula is C39H52N4O6. The summed E-state index contributed by atoms with van der Waals surface area (Å²) in [6.45, 7) is 6.76. The van der Waals surface area contributed by atoms with Gasteiger partial charge in [0.2, 0.25) is 18.7 Å². The molecule has 4 aromatic rings. The molecule has 10 heteroatoms. The predicted octanol–water partition coefficient (Wildman–Crippen LogP) is 6.07. The summed E-state index contributed by atoms with van der Waals surface area (Å²) < 4.78 is 10.0. The average molecular weight is 673 g/mol. The molecule has 0 fully saturated rings. The molecule has 264 valence electrons. The minimum Gasteiger partial charge on any atom is -0.497 e. The second-order valence-corrected chi connectivity index (χ2v) is 9.80. The van der Waals surface area contributed by atoms with Crippen molar-refractivity contribution in [3.05, 3.63) is 138 Å². The van der Waals surface area contributed by atoms with Crippen molar-refractivity contribution in [1.29, 1.82) is 0 Å². The number of nitrogens with two attached hydrogens (primary N) is 1. The van der Waals surface area contributed by atoms with E-state index in [1.54, 1.807) is 44.6 Å². The summed E-state index contributed by atoms with van der Waals surface area (Å²) in [4.78, 5) is 38.4. The zero-order valence-corrected chi connectivity index (χ0v) is 29.4. The molecule has 0 aliphatic heterocycles. The quantitative estimate of drug-likeness (QED) is 0.118. The first-order valence-electron chi connectivity index (χ1n) is 15.3. The van der Waals surface area contributed by atoms with Gasteiger partial charge in [0, 0.05) is 12.2 Å². The van der Waals surface area contributed by atoms with E-state index in [1.807, 2.05) is 87.6 Å². The Labute approximate surface area is 291 Å². The fourth-order valence-electron chi connectivity index (χ4n) is 3.58. The third kappa shape index (κ3) is 25.1. The van der Waals surface area contributed by atoms with Crippen molar-refractivity contribution in [3.8, 4) is 11.5 Å². The highest BCUT2D eigenvalue weighted by atomic mass is 16.5. The Hall–Kier alpha value is -5.74. The Bertz CT molecular complexity index is 1380. The van der Waals surface area contributed by atoms with Crippen molar-refractivity contribution in [2.45, 2.75) is 32.7 Å². The Morgan fingerprint density at radius 2 is 1.24 bits per heavy atom. The molecule has 10 nitrogen and oxygen atoms in total. The van der Waals surface area contributed by atoms with Gasteiger partial charge in [-0.2, -0.15) is 0 Å². The zero-order valence-electron chi connectivity index (χ0n) is 29.4. The van der Waals surface area contributed by atoms with Gasteiger partial charge in [-0.25, -0.2) is 0 Å². The van der Waals surface area contributed by atoms with E-state index in [0.717, 1.165) is 29.2 Å². The molecule has 0 saturated carbocycles. The van der Waals surface area contributed by atoms with Gasteiger partial charge < -0.3 is 36.0 Å². The average Bonchev–Trinajstić information content (AvgIpc) is 3.14. The van der Waals surface area contributed by atoms with Crippen LogP contribution in [0.4, 0.5) is 5.69 Å². The van der Waals surface area contributed by atoms with Gasteiger partial charge >= 0.3 is 0 Å². The topological polar surface area (TPSA) is 149 Å². The molecule has 4 aromatic carbocycles. The van der Waals surface area contributed by atoms with Gasteiger partial charge in [-0.15, -0.1) is 0 Å². The van der Waals surface area contributed by atoms with E-state index < -0.39 is 0 Å². The Morgan fingerprint density at radius 1 is 0.796 bits per heavy atom. The molecule has 1 atom stereocenters. The van der Waals surface area contributed by atoms with E-state index in [-0.39, 0.29) is 12.3 Å². The monoisotopic (exact) mass is 672 g/mol. The second kappa shape index (κ2) is 32.2. The Balaban J connectivity index is 0. The molecule has 3 amide bonds. The van der Waals surface area contributed by atoms with Gasteiger partial charge in [0.15, 0.2) is 0 Å². The van der Waals surface area contributed by atoms with E-state index in [4.69, 9.17) is 19.1 Å². The zero-order chi connectivity index (χ0) is 37.1. The van der Waals surface area contributed by atoms with E-state index in [2.05, 4.69) is 59.8 Å². The number of rotatable bonds is 10. The minimum atomic E-state index is -0.0684. The molecule has 4 rings (SSSR count). The number of carbonyl (C=O) groups excluding carboxylic acids is 4. The number of benzene rings is 4. The van der Waals surface area contributed by atoms with Gasteiger partial charge in [0.05, 0.1) is 14.2 Å². The summed E-state index contributed by atoms with van der Waals surface area (Å²) in [5.41, 5.74) is 8.59. The molecule has 0 aliphatic carbocycles. The molecule has 5 N–H and O–H groups in total. The lowest BCUT2D eigenvalue weighted by molar-refractivity contribution is -0.116. The number of hydrogen-bond acceptors (Lipinski definition) is 7. The molecule has 0 aromatic heterocycles. The van der Waals surface area contributed by atoms with Crippen LogP contribution in [0.25, 0.3) is 0 Å². The number of amides is 3. The molecule has 0 radical (unpaired) electrons. The summed E-state index contributed by atoms with van der Waals surface area (Å²) in [5.74, 6) is 1.93. The predicted molar refractivity (Wildman–Crippen MR) is 200 cm³/mol. The highest BCUT2D eigenvalue weighted by molar-refractivity contribution is 5.87. The highest BCUT2D eigenvalue weighted by Crippen LogP contribution is 2.18. The smallest absolute Gasteiger partial charge is 0.243 e. The van der Waals surface area contributed by atoms with Crippen LogP contribution >= 0.6 is 0 Å². The standard InChI is InChI=1S/C20H23NO2.C8H9NO2.C7H8.C2H7N.CH3NO.CH2O/c1-16(18-8-4-3-5-9-18)7-6-10-20(22)21-15-17-11-13-19(23-2)14-12-17;1-11-8-4-2-7(3-5-8)9-6-10;1-7-5-3-2-4-6-7;1-3-2;2-1-3;1-2/h3-6,8-14,16H,7,15H2,1-2H3,(H,21,22);2-6H,1H3,(H,9,10);2-6H,1H3;3H,1-2H3;1H,(H2,2,3);1H2/b10-6+;;;;;. The second-order valence-electron chi connectivity index (χ2n) is 9.80. The fourth-order valence-corrected chi connectivity index (χ4v) is 3.58. The molecular weight excluding hydrogens is 620 g/mol. The van der Waals surface area contributed by atoms with Crippen molar-refractivity contribution in [1.82, 2.24) is 10.6 Å². The lowest BCUT2D eigenvalue weighted by Crippen LogP contribution is -2.20. The summed E-state index contributed by atoms with van der Waals surface area (Å²) in [6, 6.07) is 35.4. The summed E-state index contributed by atoms with van der Waals surface area (Å²) >= 11 is 0. The Kier molecular flexibility index (Phi) is 29.8. The van der Waals surface area contributed by atoms with E-state index in [1.165, 1.54) is 11.1 Å².